The number of hydrogen-bond donors (Lipinski definition) is 2. The molecule has 9 nitrogen and oxygen atoms in total. The highest BCUT2D eigenvalue weighted by Gasteiger charge is 2.42. The van der Waals surface area contributed by atoms with E-state index >= 15 is 0 Å². The molecule has 0 spiro atoms. The monoisotopic (exact) mass is 606 g/mol. The van der Waals surface area contributed by atoms with Crippen LogP contribution in [0.1, 0.15) is 30.9 Å². The number of carbonyl (C=O) groups excluding carboxylic acids is 2. The standard InChI is InChI=1S/C24H17Cl3N6O3S2/c25-12-7-14(27)15(8-13(12)26)30-19(35)10-37-24-32-31-23(38-24)33-16-3-1-4-17(34)21(16)20(11(9-28)22(33)29)18-5-2-6-36-18/h2,5-8,20H,1,3-4,10,29H2,(H,30,35). The number of aromatic nitrogens is 2. The first-order chi connectivity index (χ1) is 18.3. The minimum atomic E-state index is -0.673. The molecule has 1 aromatic carbocycles. The fraction of sp³-hybridized carbons (Fsp3) is 0.208. The van der Waals surface area contributed by atoms with Gasteiger partial charge >= 0.3 is 0 Å². The lowest BCUT2D eigenvalue weighted by atomic mass is 9.78. The van der Waals surface area contributed by atoms with Crippen LogP contribution in [0.4, 0.5) is 10.8 Å². The van der Waals surface area contributed by atoms with Crippen LogP contribution in [0.15, 0.2) is 61.9 Å². The maximum Gasteiger partial charge on any atom is 0.234 e. The highest BCUT2D eigenvalue weighted by atomic mass is 35.5. The molecule has 3 aromatic rings. The highest BCUT2D eigenvalue weighted by molar-refractivity contribution is 8.01. The Morgan fingerprint density at radius 3 is 2.79 bits per heavy atom. The Morgan fingerprint density at radius 1 is 1.26 bits per heavy atom. The summed E-state index contributed by atoms with van der Waals surface area (Å²) in [6, 6.07) is 8.53. The summed E-state index contributed by atoms with van der Waals surface area (Å²) in [4.78, 5) is 27.2. The van der Waals surface area contributed by atoms with Gasteiger partial charge in [0.1, 0.15) is 11.6 Å². The number of furan rings is 1. The summed E-state index contributed by atoms with van der Waals surface area (Å²) in [6.45, 7) is 0. The van der Waals surface area contributed by atoms with Gasteiger partial charge < -0.3 is 15.5 Å². The van der Waals surface area contributed by atoms with Crippen molar-refractivity contribution in [3.63, 3.8) is 0 Å². The minimum Gasteiger partial charge on any atom is -0.468 e. The molecular formula is C24H17Cl3N6O3S2. The maximum absolute atomic E-state index is 13.1. The fourth-order valence-electron chi connectivity index (χ4n) is 4.33. The molecule has 3 N–H and O–H groups in total. The molecule has 0 bridgehead atoms. The van der Waals surface area contributed by atoms with Crippen LogP contribution in [0.2, 0.25) is 15.1 Å². The quantitative estimate of drug-likeness (QED) is 0.250. The van der Waals surface area contributed by atoms with E-state index in [1.54, 1.807) is 17.0 Å². The first-order valence-electron chi connectivity index (χ1n) is 11.2. The van der Waals surface area contributed by atoms with E-state index in [-0.39, 0.29) is 43.9 Å². The molecule has 2 aliphatic rings. The fourth-order valence-corrected chi connectivity index (χ4v) is 6.60. The summed E-state index contributed by atoms with van der Waals surface area (Å²) in [5.41, 5.74) is 8.21. The van der Waals surface area contributed by atoms with Crippen LogP contribution in [0.3, 0.4) is 0 Å². The minimum absolute atomic E-state index is 0.0208. The van der Waals surface area contributed by atoms with Gasteiger partial charge in [-0.1, -0.05) is 57.9 Å². The Kier molecular flexibility index (Phi) is 7.70. The van der Waals surface area contributed by atoms with E-state index in [1.807, 2.05) is 0 Å². The van der Waals surface area contributed by atoms with Crippen LogP contribution in [0, 0.1) is 11.3 Å². The molecule has 0 saturated heterocycles. The number of allylic oxidation sites excluding steroid dienone is 3. The first kappa shape index (κ1) is 26.6. The van der Waals surface area contributed by atoms with Crippen LogP contribution in [0.5, 0.6) is 0 Å². The lowest BCUT2D eigenvalue weighted by Gasteiger charge is -2.37. The van der Waals surface area contributed by atoms with Crippen LogP contribution >= 0.6 is 57.9 Å². The number of anilines is 2. The number of nitrogens with zero attached hydrogens (tertiary/aromatic N) is 4. The van der Waals surface area contributed by atoms with Crippen molar-refractivity contribution < 1.29 is 14.0 Å². The number of rotatable bonds is 6. The van der Waals surface area contributed by atoms with E-state index in [0.29, 0.717) is 51.5 Å². The molecule has 14 heteroatoms. The molecule has 1 unspecified atom stereocenters. The van der Waals surface area contributed by atoms with Crippen LogP contribution in [-0.2, 0) is 9.59 Å². The van der Waals surface area contributed by atoms with E-state index in [4.69, 9.17) is 45.0 Å². The SMILES string of the molecule is N#CC1=C(N)N(c2nnc(SCC(=O)Nc3cc(Cl)c(Cl)cc3Cl)s2)C2=C(C(=O)CCC2)C1c1ccco1. The van der Waals surface area contributed by atoms with Crippen molar-refractivity contribution in [3.8, 4) is 6.07 Å². The summed E-state index contributed by atoms with van der Waals surface area (Å²) in [5.74, 6) is -0.397. The van der Waals surface area contributed by atoms with Crippen molar-refractivity contribution in [2.45, 2.75) is 29.5 Å². The second-order valence-electron chi connectivity index (χ2n) is 8.27. The van der Waals surface area contributed by atoms with E-state index in [9.17, 15) is 14.9 Å². The normalized spacial score (nSPS) is 17.5. The van der Waals surface area contributed by atoms with Gasteiger partial charge in [0.2, 0.25) is 11.0 Å². The molecule has 0 fully saturated rings. The second kappa shape index (κ2) is 11.0. The van der Waals surface area contributed by atoms with E-state index in [2.05, 4.69) is 21.6 Å². The number of amides is 1. The first-order valence-corrected chi connectivity index (χ1v) is 14.1. The Labute approximate surface area is 240 Å². The van der Waals surface area contributed by atoms with Crippen LogP contribution in [-0.4, -0.2) is 27.6 Å². The lowest BCUT2D eigenvalue weighted by Crippen LogP contribution is -2.38. The third-order valence-corrected chi connectivity index (χ3v) is 9.02. The van der Waals surface area contributed by atoms with Gasteiger partial charge in [-0.15, -0.1) is 10.2 Å². The summed E-state index contributed by atoms with van der Waals surface area (Å²) < 4.78 is 6.08. The molecule has 1 amide bonds. The van der Waals surface area contributed by atoms with Crippen molar-refractivity contribution in [3.05, 3.63) is 74.0 Å². The summed E-state index contributed by atoms with van der Waals surface area (Å²) in [6.07, 6.45) is 3.09. The number of benzene rings is 1. The molecule has 1 aliphatic heterocycles. The molecule has 5 rings (SSSR count). The van der Waals surface area contributed by atoms with Gasteiger partial charge in [0.15, 0.2) is 10.1 Å². The Hall–Kier alpha value is -3.01. The molecule has 38 heavy (non-hydrogen) atoms. The zero-order chi connectivity index (χ0) is 27.0. The third-order valence-electron chi connectivity index (χ3n) is 5.94. The number of nitriles is 1. The number of ketones is 1. The molecule has 1 aliphatic carbocycles. The summed E-state index contributed by atoms with van der Waals surface area (Å²) >= 11 is 20.4. The molecule has 0 saturated carbocycles. The van der Waals surface area contributed by atoms with Gasteiger partial charge in [0, 0.05) is 17.7 Å². The number of halogens is 3. The van der Waals surface area contributed by atoms with Crippen LogP contribution < -0.4 is 16.0 Å². The number of nitrogens with one attached hydrogen (secondary N) is 1. The smallest absolute Gasteiger partial charge is 0.234 e. The molecule has 194 valence electrons. The van der Waals surface area contributed by atoms with E-state index in [0.717, 1.165) is 0 Å². The average Bonchev–Trinajstić information content (AvgIpc) is 3.58. The number of Topliss-reactive ketones (excluding diaryl/α,β-unsaturated/α-hetero) is 1. The largest absolute Gasteiger partial charge is 0.468 e. The molecular weight excluding hydrogens is 591 g/mol. The van der Waals surface area contributed by atoms with Crippen LogP contribution in [0.25, 0.3) is 0 Å². The highest BCUT2D eigenvalue weighted by Crippen LogP contribution is 2.47. The summed E-state index contributed by atoms with van der Waals surface area (Å²) in [7, 11) is 0. The summed E-state index contributed by atoms with van der Waals surface area (Å²) in [5, 5.41) is 22.3. The maximum atomic E-state index is 13.1. The predicted molar refractivity (Wildman–Crippen MR) is 147 cm³/mol. The van der Waals surface area contributed by atoms with Gasteiger partial charge in [-0.25, -0.2) is 0 Å². The van der Waals surface area contributed by atoms with Crippen molar-refractivity contribution in [1.29, 1.82) is 5.26 Å². The molecule has 0 radical (unpaired) electrons. The molecule has 1 atom stereocenters. The van der Waals surface area contributed by atoms with Crippen molar-refractivity contribution >= 4 is 80.4 Å². The van der Waals surface area contributed by atoms with Gasteiger partial charge in [-0.2, -0.15) is 5.26 Å². The zero-order valence-corrected chi connectivity index (χ0v) is 23.2. The predicted octanol–water partition coefficient (Wildman–Crippen LogP) is 6.13. The lowest BCUT2D eigenvalue weighted by molar-refractivity contribution is -0.116. The van der Waals surface area contributed by atoms with Gasteiger partial charge in [-0.3, -0.25) is 14.5 Å². The molecule has 2 aromatic heterocycles. The Morgan fingerprint density at radius 2 is 2.05 bits per heavy atom. The van der Waals surface area contributed by atoms with Crippen molar-refractivity contribution in [2.75, 3.05) is 16.0 Å². The van der Waals surface area contributed by atoms with E-state index in [1.165, 1.54) is 41.5 Å². The second-order valence-corrected chi connectivity index (χ2v) is 11.7. The Bertz CT molecular complexity index is 1540. The molecule has 3 heterocycles. The number of nitrogens with two attached hydrogens (primary N) is 1. The van der Waals surface area contributed by atoms with Gasteiger partial charge in [-0.05, 0) is 37.1 Å². The van der Waals surface area contributed by atoms with Gasteiger partial charge in [0.05, 0.1) is 50.3 Å². The average molecular weight is 608 g/mol. The zero-order valence-electron chi connectivity index (χ0n) is 19.3. The number of thioether (sulfide) groups is 1. The number of hydrogen-bond acceptors (Lipinski definition) is 10. The third kappa shape index (κ3) is 5.02. The topological polar surface area (TPSA) is 138 Å². The van der Waals surface area contributed by atoms with Crippen molar-refractivity contribution in [1.82, 2.24) is 10.2 Å². The Balaban J connectivity index is 1.38. The number of carbonyl (C=O) groups is 2. The van der Waals surface area contributed by atoms with Crippen molar-refractivity contribution in [2.24, 2.45) is 5.73 Å². The van der Waals surface area contributed by atoms with Gasteiger partial charge in [0.25, 0.3) is 0 Å². The van der Waals surface area contributed by atoms with E-state index < -0.39 is 5.92 Å².